The van der Waals surface area contributed by atoms with Crippen molar-refractivity contribution in [2.24, 2.45) is 0 Å². The van der Waals surface area contributed by atoms with Crippen LogP contribution in [0.15, 0.2) is 103 Å². The van der Waals surface area contributed by atoms with Gasteiger partial charge >= 0.3 is 0 Å². The zero-order chi connectivity index (χ0) is 26.6. The SMILES string of the molecule is COc1ccccc1C(=O)N1c2ccccc2C(N(C(=O)c2ccccc2OC)c2ccccc2)CC1C. The van der Waals surface area contributed by atoms with Gasteiger partial charge in [-0.3, -0.25) is 9.59 Å². The van der Waals surface area contributed by atoms with E-state index in [0.29, 0.717) is 29.0 Å². The number of para-hydroxylation sites is 4. The number of amides is 2. The largest absolute Gasteiger partial charge is 0.496 e. The highest BCUT2D eigenvalue weighted by Crippen LogP contribution is 2.44. The van der Waals surface area contributed by atoms with E-state index in [2.05, 4.69) is 0 Å². The fourth-order valence-electron chi connectivity index (χ4n) is 5.27. The Balaban J connectivity index is 1.63. The van der Waals surface area contributed by atoms with Crippen molar-refractivity contribution < 1.29 is 19.1 Å². The van der Waals surface area contributed by atoms with E-state index in [4.69, 9.17) is 9.47 Å². The number of carbonyl (C=O) groups excluding carboxylic acids is 2. The molecular formula is C32H30N2O4. The van der Waals surface area contributed by atoms with E-state index in [0.717, 1.165) is 16.9 Å². The lowest BCUT2D eigenvalue weighted by Crippen LogP contribution is -2.48. The maximum absolute atomic E-state index is 14.2. The van der Waals surface area contributed by atoms with Crippen molar-refractivity contribution in [3.63, 3.8) is 0 Å². The molecule has 4 aromatic rings. The lowest BCUT2D eigenvalue weighted by Gasteiger charge is -2.43. The summed E-state index contributed by atoms with van der Waals surface area (Å²) >= 11 is 0. The molecule has 6 nitrogen and oxygen atoms in total. The van der Waals surface area contributed by atoms with Crippen LogP contribution < -0.4 is 19.3 Å². The van der Waals surface area contributed by atoms with Crippen LogP contribution in [0.4, 0.5) is 11.4 Å². The second kappa shape index (κ2) is 10.8. The van der Waals surface area contributed by atoms with Gasteiger partial charge in [0.1, 0.15) is 11.5 Å². The molecule has 0 aromatic heterocycles. The number of ether oxygens (including phenoxy) is 2. The maximum atomic E-state index is 14.2. The van der Waals surface area contributed by atoms with Gasteiger partial charge in [-0.05, 0) is 61.4 Å². The van der Waals surface area contributed by atoms with Gasteiger partial charge in [-0.1, -0.05) is 60.7 Å². The van der Waals surface area contributed by atoms with E-state index in [9.17, 15) is 9.59 Å². The van der Waals surface area contributed by atoms with E-state index in [1.807, 2.05) is 95.6 Å². The van der Waals surface area contributed by atoms with Crippen molar-refractivity contribution in [1.29, 1.82) is 0 Å². The first-order valence-corrected chi connectivity index (χ1v) is 12.6. The summed E-state index contributed by atoms with van der Waals surface area (Å²) in [6, 6.07) is 31.5. The lowest BCUT2D eigenvalue weighted by molar-refractivity contribution is 0.0963. The first-order valence-electron chi connectivity index (χ1n) is 12.6. The summed E-state index contributed by atoms with van der Waals surface area (Å²) in [6.07, 6.45) is 0.549. The number of nitrogens with zero attached hydrogens (tertiary/aromatic N) is 2. The molecule has 6 heteroatoms. The molecule has 1 aliphatic rings. The molecule has 0 N–H and O–H groups in total. The van der Waals surface area contributed by atoms with Crippen LogP contribution in [-0.2, 0) is 0 Å². The molecule has 38 heavy (non-hydrogen) atoms. The summed E-state index contributed by atoms with van der Waals surface area (Å²) in [5.74, 6) is 0.749. The second-order valence-corrected chi connectivity index (χ2v) is 9.25. The van der Waals surface area contributed by atoms with Gasteiger partial charge in [0.2, 0.25) is 0 Å². The van der Waals surface area contributed by atoms with E-state index >= 15 is 0 Å². The molecule has 0 fully saturated rings. The van der Waals surface area contributed by atoms with Crippen LogP contribution in [0.2, 0.25) is 0 Å². The second-order valence-electron chi connectivity index (χ2n) is 9.25. The number of anilines is 2. The normalized spacial score (nSPS) is 16.3. The molecule has 0 aliphatic carbocycles. The van der Waals surface area contributed by atoms with Gasteiger partial charge in [0, 0.05) is 17.4 Å². The topological polar surface area (TPSA) is 59.1 Å². The third-order valence-electron chi connectivity index (χ3n) is 7.02. The summed E-state index contributed by atoms with van der Waals surface area (Å²) in [5.41, 5.74) is 3.44. The fourth-order valence-corrected chi connectivity index (χ4v) is 5.27. The molecule has 1 aliphatic heterocycles. The predicted octanol–water partition coefficient (Wildman–Crippen LogP) is 6.53. The summed E-state index contributed by atoms with van der Waals surface area (Å²) in [5, 5.41) is 0. The van der Waals surface area contributed by atoms with E-state index in [1.54, 1.807) is 38.5 Å². The smallest absolute Gasteiger partial charge is 0.262 e. The minimum Gasteiger partial charge on any atom is -0.496 e. The number of benzene rings is 4. The maximum Gasteiger partial charge on any atom is 0.262 e. The van der Waals surface area contributed by atoms with Crippen molar-refractivity contribution in [3.8, 4) is 11.5 Å². The van der Waals surface area contributed by atoms with Gasteiger partial charge in [-0.25, -0.2) is 0 Å². The molecule has 0 spiro atoms. The Kier molecular flexibility index (Phi) is 7.13. The number of methoxy groups -OCH3 is 2. The quantitative estimate of drug-likeness (QED) is 0.298. The third kappa shape index (κ3) is 4.50. The van der Waals surface area contributed by atoms with Crippen molar-refractivity contribution >= 4 is 23.2 Å². The number of fused-ring (bicyclic) bond motifs is 1. The van der Waals surface area contributed by atoms with Crippen LogP contribution in [0.1, 0.15) is 45.7 Å². The summed E-state index contributed by atoms with van der Waals surface area (Å²) in [7, 11) is 3.13. The predicted molar refractivity (Wildman–Crippen MR) is 149 cm³/mol. The Hall–Kier alpha value is -4.58. The molecule has 2 amide bonds. The average molecular weight is 507 g/mol. The first-order chi connectivity index (χ1) is 18.5. The van der Waals surface area contributed by atoms with Crippen LogP contribution in [0.25, 0.3) is 0 Å². The van der Waals surface area contributed by atoms with Crippen molar-refractivity contribution in [1.82, 2.24) is 0 Å². The van der Waals surface area contributed by atoms with Crippen molar-refractivity contribution in [2.45, 2.75) is 25.4 Å². The van der Waals surface area contributed by atoms with Crippen molar-refractivity contribution in [2.75, 3.05) is 24.0 Å². The molecule has 5 rings (SSSR count). The Labute approximate surface area is 223 Å². The molecule has 0 radical (unpaired) electrons. The van der Waals surface area contributed by atoms with E-state index in [1.165, 1.54) is 0 Å². The molecule has 0 saturated heterocycles. The summed E-state index contributed by atoms with van der Waals surface area (Å²) in [4.78, 5) is 31.7. The molecule has 4 aromatic carbocycles. The van der Waals surface area contributed by atoms with Gasteiger partial charge in [0.15, 0.2) is 0 Å². The van der Waals surface area contributed by atoms with Crippen LogP contribution in [-0.4, -0.2) is 32.1 Å². The molecule has 2 atom stereocenters. The van der Waals surface area contributed by atoms with Gasteiger partial charge in [0.25, 0.3) is 11.8 Å². The monoisotopic (exact) mass is 506 g/mol. The number of carbonyl (C=O) groups is 2. The molecule has 1 heterocycles. The van der Waals surface area contributed by atoms with Gasteiger partial charge < -0.3 is 19.3 Å². The van der Waals surface area contributed by atoms with Gasteiger partial charge in [0.05, 0.1) is 31.4 Å². The van der Waals surface area contributed by atoms with Crippen molar-refractivity contribution in [3.05, 3.63) is 120 Å². The number of hydrogen-bond acceptors (Lipinski definition) is 4. The lowest BCUT2D eigenvalue weighted by atomic mass is 9.89. The molecule has 0 saturated carbocycles. The highest BCUT2D eigenvalue weighted by Gasteiger charge is 2.40. The Morgan fingerprint density at radius 3 is 1.97 bits per heavy atom. The number of hydrogen-bond donors (Lipinski definition) is 0. The van der Waals surface area contributed by atoms with Gasteiger partial charge in [-0.15, -0.1) is 0 Å². The molecular weight excluding hydrogens is 476 g/mol. The minimum atomic E-state index is -0.303. The Morgan fingerprint density at radius 1 is 0.737 bits per heavy atom. The molecule has 192 valence electrons. The summed E-state index contributed by atoms with van der Waals surface area (Å²) < 4.78 is 11.0. The summed E-state index contributed by atoms with van der Waals surface area (Å²) in [6.45, 7) is 2.02. The molecule has 2 unspecified atom stereocenters. The Morgan fingerprint density at radius 2 is 1.29 bits per heavy atom. The highest BCUT2D eigenvalue weighted by molar-refractivity contribution is 6.11. The van der Waals surface area contributed by atoms with Crippen LogP contribution in [0, 0.1) is 0 Å². The van der Waals surface area contributed by atoms with Crippen LogP contribution >= 0.6 is 0 Å². The standard InChI is InChI=1S/C32H30N2O4/c1-22-21-28(34(23-13-5-4-6-14-23)32(36)26-17-9-12-20-30(26)38-3)24-15-7-10-18-27(24)33(22)31(35)25-16-8-11-19-29(25)37-2/h4-20,22,28H,21H2,1-3H3. The minimum absolute atomic E-state index is 0.136. The Bertz CT molecular complexity index is 1450. The van der Waals surface area contributed by atoms with Crippen LogP contribution in [0.3, 0.4) is 0 Å². The first kappa shape index (κ1) is 25.1. The average Bonchev–Trinajstić information content (AvgIpc) is 2.97. The third-order valence-corrected chi connectivity index (χ3v) is 7.02. The van der Waals surface area contributed by atoms with E-state index < -0.39 is 0 Å². The number of rotatable bonds is 6. The fraction of sp³-hybridized carbons (Fsp3) is 0.188. The molecule has 0 bridgehead atoms. The van der Waals surface area contributed by atoms with E-state index in [-0.39, 0.29) is 23.9 Å². The zero-order valence-electron chi connectivity index (χ0n) is 21.7. The highest BCUT2D eigenvalue weighted by atomic mass is 16.5. The zero-order valence-corrected chi connectivity index (χ0v) is 21.7. The van der Waals surface area contributed by atoms with Crippen LogP contribution in [0.5, 0.6) is 11.5 Å². The van der Waals surface area contributed by atoms with Gasteiger partial charge in [-0.2, -0.15) is 0 Å².